The largest absolute Gasteiger partial charge is 0.436 e. The van der Waals surface area contributed by atoms with E-state index in [1.165, 1.54) is 44.1 Å². The number of aryl methyl sites for hydroxylation is 2. The van der Waals surface area contributed by atoms with Crippen molar-refractivity contribution < 1.29 is 4.42 Å². The third-order valence-corrected chi connectivity index (χ3v) is 7.26. The van der Waals surface area contributed by atoms with E-state index in [1.54, 1.807) is 0 Å². The molecule has 0 aliphatic carbocycles. The van der Waals surface area contributed by atoms with Gasteiger partial charge in [-0.2, -0.15) is 0 Å². The summed E-state index contributed by atoms with van der Waals surface area (Å²) in [7, 11) is 0. The van der Waals surface area contributed by atoms with Crippen molar-refractivity contribution in [3.63, 3.8) is 0 Å². The third-order valence-electron chi connectivity index (χ3n) is 7.26. The van der Waals surface area contributed by atoms with E-state index in [0.29, 0.717) is 5.89 Å². The highest BCUT2D eigenvalue weighted by Gasteiger charge is 2.13. The summed E-state index contributed by atoms with van der Waals surface area (Å²) in [5, 5.41) is 2.55. The van der Waals surface area contributed by atoms with Crippen LogP contribution in [0.25, 0.3) is 61.2 Å². The number of hydrogen-bond donors (Lipinski definition) is 0. The van der Waals surface area contributed by atoms with Gasteiger partial charge in [0.25, 0.3) is 0 Å². The molecule has 37 heavy (non-hydrogen) atoms. The van der Waals surface area contributed by atoms with Crippen molar-refractivity contribution in [2.75, 3.05) is 0 Å². The van der Waals surface area contributed by atoms with Crippen LogP contribution in [0.3, 0.4) is 0 Å². The number of hydrogen-bond acceptors (Lipinski definition) is 2. The molecular formula is C34H26N2O. The zero-order chi connectivity index (χ0) is 24.9. The Morgan fingerprint density at radius 1 is 0.676 bits per heavy atom. The van der Waals surface area contributed by atoms with Crippen LogP contribution in [-0.2, 0) is 6.42 Å². The second kappa shape index (κ2) is 8.49. The Balaban J connectivity index is 1.23. The van der Waals surface area contributed by atoms with Crippen molar-refractivity contribution in [2.24, 2.45) is 0 Å². The Labute approximate surface area is 215 Å². The van der Waals surface area contributed by atoms with Gasteiger partial charge in [-0.1, -0.05) is 73.7 Å². The van der Waals surface area contributed by atoms with Gasteiger partial charge < -0.3 is 8.98 Å². The highest BCUT2D eigenvalue weighted by Crippen LogP contribution is 2.33. The summed E-state index contributed by atoms with van der Waals surface area (Å²) in [6.45, 7) is 4.26. The maximum Gasteiger partial charge on any atom is 0.227 e. The van der Waals surface area contributed by atoms with E-state index in [1.807, 2.05) is 0 Å². The van der Waals surface area contributed by atoms with Crippen LogP contribution in [-0.4, -0.2) is 9.55 Å². The quantitative estimate of drug-likeness (QED) is 0.252. The minimum absolute atomic E-state index is 0.670. The first-order chi connectivity index (χ1) is 18.2. The predicted octanol–water partition coefficient (Wildman–Crippen LogP) is 9.13. The Morgan fingerprint density at radius 2 is 1.24 bits per heavy atom. The molecule has 0 aliphatic rings. The van der Waals surface area contributed by atoms with Gasteiger partial charge in [0.1, 0.15) is 5.52 Å². The summed E-state index contributed by atoms with van der Waals surface area (Å²) in [4.78, 5) is 4.78. The average molecular weight is 479 g/mol. The van der Waals surface area contributed by atoms with E-state index in [-0.39, 0.29) is 0 Å². The highest BCUT2D eigenvalue weighted by molar-refractivity contribution is 6.09. The number of fused-ring (bicyclic) bond motifs is 4. The van der Waals surface area contributed by atoms with Gasteiger partial charge in [-0.05, 0) is 78.1 Å². The lowest BCUT2D eigenvalue weighted by molar-refractivity contribution is 0.615. The second-order valence-electron chi connectivity index (χ2n) is 9.64. The predicted molar refractivity (Wildman–Crippen MR) is 153 cm³/mol. The van der Waals surface area contributed by atoms with Crippen LogP contribution in [0.15, 0.2) is 114 Å². The van der Waals surface area contributed by atoms with Crippen LogP contribution in [0.1, 0.15) is 18.1 Å². The molecule has 0 radical (unpaired) electrons. The second-order valence-corrected chi connectivity index (χ2v) is 9.64. The molecule has 0 saturated carbocycles. The molecule has 7 rings (SSSR count). The fraction of sp³-hybridized carbons (Fsp3) is 0.0882. The molecule has 2 aromatic heterocycles. The fourth-order valence-corrected chi connectivity index (χ4v) is 5.45. The zero-order valence-electron chi connectivity index (χ0n) is 20.9. The van der Waals surface area contributed by atoms with Crippen molar-refractivity contribution in [3.05, 3.63) is 120 Å². The van der Waals surface area contributed by atoms with Gasteiger partial charge in [0.05, 0.1) is 11.0 Å². The van der Waals surface area contributed by atoms with E-state index in [0.717, 1.165) is 28.8 Å². The normalized spacial score (nSPS) is 11.6. The Morgan fingerprint density at radius 3 is 1.86 bits per heavy atom. The van der Waals surface area contributed by atoms with Gasteiger partial charge >= 0.3 is 0 Å². The Bertz CT molecular complexity index is 1850. The first-order valence-corrected chi connectivity index (χ1v) is 12.8. The summed E-state index contributed by atoms with van der Waals surface area (Å²) in [6, 6.07) is 38.8. The number of para-hydroxylation sites is 2. The monoisotopic (exact) mass is 478 g/mol. The number of aromatic nitrogens is 2. The van der Waals surface area contributed by atoms with Gasteiger partial charge in [-0.15, -0.1) is 0 Å². The summed E-state index contributed by atoms with van der Waals surface area (Å²) < 4.78 is 8.53. The van der Waals surface area contributed by atoms with Crippen molar-refractivity contribution in [1.82, 2.24) is 9.55 Å². The Hall–Kier alpha value is -4.63. The smallest absolute Gasteiger partial charge is 0.227 e. The van der Waals surface area contributed by atoms with Crippen LogP contribution in [0.2, 0.25) is 0 Å². The first kappa shape index (κ1) is 21.6. The van der Waals surface area contributed by atoms with Crippen molar-refractivity contribution in [2.45, 2.75) is 20.3 Å². The molecular weight excluding hydrogens is 452 g/mol. The molecule has 0 atom stereocenters. The molecule has 0 unspecified atom stereocenters. The average Bonchev–Trinajstić information content (AvgIpc) is 3.52. The summed E-state index contributed by atoms with van der Waals surface area (Å²) in [5.74, 6) is 0.670. The van der Waals surface area contributed by atoms with E-state index in [4.69, 9.17) is 9.40 Å². The molecule has 0 N–H and O–H groups in total. The topological polar surface area (TPSA) is 31.0 Å². The lowest BCUT2D eigenvalue weighted by Crippen LogP contribution is -1.93. The molecule has 7 aromatic rings. The molecule has 178 valence electrons. The number of oxazole rings is 1. The van der Waals surface area contributed by atoms with E-state index in [2.05, 4.69) is 128 Å². The van der Waals surface area contributed by atoms with E-state index in [9.17, 15) is 0 Å². The molecule has 3 heteroatoms. The lowest BCUT2D eigenvalue weighted by atomic mass is 10.0. The van der Waals surface area contributed by atoms with Gasteiger partial charge in [0.2, 0.25) is 5.89 Å². The maximum atomic E-state index is 6.19. The summed E-state index contributed by atoms with van der Waals surface area (Å²) in [5.41, 5.74) is 11.2. The molecule has 0 aliphatic heterocycles. The van der Waals surface area contributed by atoms with Crippen LogP contribution >= 0.6 is 0 Å². The van der Waals surface area contributed by atoms with Crippen molar-refractivity contribution >= 4 is 32.9 Å². The SMILES string of the molecule is CCc1cc(C)cc2nc(-c3ccc(-c4ccc(-n5c6ccccc6c6ccccc65)cc4)cc3)oc12. The highest BCUT2D eigenvalue weighted by atomic mass is 16.3. The van der Waals surface area contributed by atoms with Crippen LogP contribution in [0.4, 0.5) is 0 Å². The first-order valence-electron chi connectivity index (χ1n) is 12.8. The number of rotatable bonds is 4. The molecule has 0 saturated heterocycles. The number of benzene rings is 5. The molecule has 0 fully saturated rings. The van der Waals surface area contributed by atoms with Crippen LogP contribution in [0, 0.1) is 6.92 Å². The Kier molecular flexibility index (Phi) is 4.97. The molecule has 5 aromatic carbocycles. The molecule has 2 heterocycles. The fourth-order valence-electron chi connectivity index (χ4n) is 5.45. The molecule has 3 nitrogen and oxygen atoms in total. The van der Waals surface area contributed by atoms with E-state index >= 15 is 0 Å². The van der Waals surface area contributed by atoms with Crippen molar-refractivity contribution in [3.8, 4) is 28.3 Å². The van der Waals surface area contributed by atoms with Gasteiger partial charge in [0.15, 0.2) is 5.58 Å². The molecule has 0 bridgehead atoms. The third kappa shape index (κ3) is 3.54. The maximum absolute atomic E-state index is 6.19. The standard InChI is InChI=1S/C34H26N2O/c1-3-23-20-22(2)21-30-33(23)37-34(35-30)26-14-12-24(13-15-26)25-16-18-27(19-17-25)36-31-10-6-4-8-28(31)29-9-5-7-11-32(29)36/h4-21H,3H2,1-2H3. The van der Waals surface area contributed by atoms with Gasteiger partial charge in [-0.25, -0.2) is 4.98 Å². The minimum Gasteiger partial charge on any atom is -0.436 e. The molecule has 0 amide bonds. The van der Waals surface area contributed by atoms with Crippen LogP contribution < -0.4 is 0 Å². The number of nitrogens with zero attached hydrogens (tertiary/aromatic N) is 2. The minimum atomic E-state index is 0.670. The summed E-state index contributed by atoms with van der Waals surface area (Å²) in [6.07, 6.45) is 0.927. The molecule has 0 spiro atoms. The van der Waals surface area contributed by atoms with Gasteiger partial charge in [-0.3, -0.25) is 0 Å². The van der Waals surface area contributed by atoms with Crippen molar-refractivity contribution in [1.29, 1.82) is 0 Å². The van der Waals surface area contributed by atoms with E-state index < -0.39 is 0 Å². The van der Waals surface area contributed by atoms with Gasteiger partial charge in [0, 0.05) is 22.0 Å². The van der Waals surface area contributed by atoms with Crippen LogP contribution in [0.5, 0.6) is 0 Å². The lowest BCUT2D eigenvalue weighted by Gasteiger charge is -2.09. The zero-order valence-corrected chi connectivity index (χ0v) is 20.9. The summed E-state index contributed by atoms with van der Waals surface area (Å²) >= 11 is 0.